The van der Waals surface area contributed by atoms with Crippen LogP contribution in [0.2, 0.25) is 0 Å². The number of nitrogens with one attached hydrogen (secondary N) is 1. The molecule has 0 saturated heterocycles. The minimum atomic E-state index is -0.632. The number of hydrogen-bond donors (Lipinski definition) is 1. The Balaban J connectivity index is 1.45. The monoisotopic (exact) mass is 526 g/mol. The fraction of sp³-hybridized carbons (Fsp3) is 0.412. The molecule has 0 aliphatic carbocycles. The first-order chi connectivity index (χ1) is 18.8. The number of fused-ring (bicyclic) bond motifs is 1. The largest absolute Gasteiger partial charge is 0.444 e. The number of ether oxygens (including phenoxy) is 1. The lowest BCUT2D eigenvalue weighted by Gasteiger charge is -2.37. The first-order valence-electron chi connectivity index (χ1n) is 14.2. The smallest absolute Gasteiger partial charge is 0.411 e. The molecule has 2 amide bonds. The highest BCUT2D eigenvalue weighted by Crippen LogP contribution is 2.26. The van der Waals surface area contributed by atoms with Crippen molar-refractivity contribution in [3.8, 4) is 0 Å². The Kier molecular flexibility index (Phi) is 9.80. The zero-order chi connectivity index (χ0) is 27.7. The summed E-state index contributed by atoms with van der Waals surface area (Å²) in [6.07, 6.45) is 5.77. The molecule has 3 aromatic carbocycles. The Morgan fingerprint density at radius 1 is 0.821 bits per heavy atom. The maximum Gasteiger partial charge on any atom is 0.411 e. The molecule has 5 heteroatoms. The van der Waals surface area contributed by atoms with Crippen LogP contribution in [0.1, 0.15) is 68.7 Å². The van der Waals surface area contributed by atoms with Gasteiger partial charge in [0.25, 0.3) is 0 Å². The van der Waals surface area contributed by atoms with Crippen LogP contribution in [0.15, 0.2) is 84.9 Å². The van der Waals surface area contributed by atoms with Crippen LogP contribution < -0.4 is 5.32 Å². The van der Waals surface area contributed by atoms with Crippen molar-refractivity contribution in [1.82, 2.24) is 10.2 Å². The second kappa shape index (κ2) is 13.5. The summed E-state index contributed by atoms with van der Waals surface area (Å²) in [6.45, 7) is 5.93. The molecule has 1 heterocycles. The van der Waals surface area contributed by atoms with Gasteiger partial charge in [0.15, 0.2) is 0 Å². The van der Waals surface area contributed by atoms with Crippen LogP contribution >= 0.6 is 0 Å². The molecule has 0 aromatic heterocycles. The SMILES string of the molecule is CC(C)(C)OC(=O)N1Cc2ccccc2C[C@H]1C(=O)NC(CCCc1ccccc1)CCCc1ccccc1. The van der Waals surface area contributed by atoms with Gasteiger partial charge in [0.2, 0.25) is 5.91 Å². The van der Waals surface area contributed by atoms with Crippen LogP contribution in [-0.4, -0.2) is 34.6 Å². The van der Waals surface area contributed by atoms with E-state index < -0.39 is 17.7 Å². The third-order valence-electron chi connectivity index (χ3n) is 7.25. The molecular weight excluding hydrogens is 484 g/mol. The Labute approximate surface area is 233 Å². The van der Waals surface area contributed by atoms with Gasteiger partial charge in [-0.2, -0.15) is 0 Å². The zero-order valence-corrected chi connectivity index (χ0v) is 23.6. The van der Waals surface area contributed by atoms with Gasteiger partial charge in [0.1, 0.15) is 11.6 Å². The second-order valence-corrected chi connectivity index (χ2v) is 11.6. The first-order valence-corrected chi connectivity index (χ1v) is 14.2. The van der Waals surface area contributed by atoms with Crippen molar-refractivity contribution in [2.75, 3.05) is 0 Å². The molecular formula is C34H42N2O3. The number of hydrogen-bond acceptors (Lipinski definition) is 3. The number of amides is 2. The van der Waals surface area contributed by atoms with Gasteiger partial charge in [-0.15, -0.1) is 0 Å². The van der Waals surface area contributed by atoms with Gasteiger partial charge in [-0.05, 0) is 81.5 Å². The zero-order valence-electron chi connectivity index (χ0n) is 23.6. The summed E-state index contributed by atoms with van der Waals surface area (Å²) in [6, 6.07) is 28.5. The molecule has 1 aliphatic rings. The van der Waals surface area contributed by atoms with E-state index in [0.29, 0.717) is 13.0 Å². The van der Waals surface area contributed by atoms with E-state index in [1.54, 1.807) is 4.90 Å². The maximum atomic E-state index is 13.8. The van der Waals surface area contributed by atoms with Crippen molar-refractivity contribution in [2.45, 2.75) is 89.9 Å². The second-order valence-electron chi connectivity index (χ2n) is 11.6. The van der Waals surface area contributed by atoms with Gasteiger partial charge in [0, 0.05) is 12.5 Å². The van der Waals surface area contributed by atoms with Gasteiger partial charge < -0.3 is 10.1 Å². The van der Waals surface area contributed by atoms with E-state index in [2.05, 4.69) is 59.9 Å². The topological polar surface area (TPSA) is 58.6 Å². The van der Waals surface area contributed by atoms with Gasteiger partial charge in [-0.25, -0.2) is 4.79 Å². The number of aryl methyl sites for hydroxylation is 2. The van der Waals surface area contributed by atoms with E-state index in [9.17, 15) is 9.59 Å². The Hall–Kier alpha value is -3.60. The van der Waals surface area contributed by atoms with E-state index in [1.807, 2.05) is 51.1 Å². The molecule has 3 aromatic rings. The molecule has 0 fully saturated rings. The molecule has 1 N–H and O–H groups in total. The summed E-state index contributed by atoms with van der Waals surface area (Å²) in [7, 11) is 0. The van der Waals surface area contributed by atoms with E-state index in [-0.39, 0.29) is 11.9 Å². The van der Waals surface area contributed by atoms with Crippen molar-refractivity contribution < 1.29 is 14.3 Å². The molecule has 206 valence electrons. The fourth-order valence-electron chi connectivity index (χ4n) is 5.25. The van der Waals surface area contributed by atoms with Crippen LogP contribution in [0, 0.1) is 0 Å². The molecule has 5 nitrogen and oxygen atoms in total. The normalized spacial score (nSPS) is 15.1. The predicted molar refractivity (Wildman–Crippen MR) is 156 cm³/mol. The summed E-state index contributed by atoms with van der Waals surface area (Å²) in [5, 5.41) is 3.35. The molecule has 0 spiro atoms. The van der Waals surface area contributed by atoms with Crippen molar-refractivity contribution in [3.05, 3.63) is 107 Å². The Bertz CT molecular complexity index is 1160. The number of carbonyl (C=O) groups excluding carboxylic acids is 2. The standard InChI is InChI=1S/C34H42N2O3/c1-34(2,3)39-33(38)36-25-29-21-11-10-20-28(29)24-31(36)32(37)35-30(22-12-18-26-14-6-4-7-15-26)23-13-19-27-16-8-5-9-17-27/h4-11,14-17,20-21,30-31H,12-13,18-19,22-25H2,1-3H3,(H,35,37)/t31-/m0/s1. The summed E-state index contributed by atoms with van der Waals surface area (Å²) in [5.41, 5.74) is 4.17. The minimum absolute atomic E-state index is 0.0441. The average Bonchev–Trinajstić information content (AvgIpc) is 2.92. The molecule has 1 atom stereocenters. The highest BCUT2D eigenvalue weighted by molar-refractivity contribution is 5.86. The van der Waals surface area contributed by atoms with Crippen molar-refractivity contribution in [1.29, 1.82) is 0 Å². The summed E-state index contributed by atoms with van der Waals surface area (Å²) in [5.74, 6) is -0.0974. The van der Waals surface area contributed by atoms with Gasteiger partial charge >= 0.3 is 6.09 Å². The molecule has 1 aliphatic heterocycles. The van der Waals surface area contributed by atoms with Gasteiger partial charge in [-0.3, -0.25) is 9.69 Å². The molecule has 0 bridgehead atoms. The fourth-order valence-corrected chi connectivity index (χ4v) is 5.25. The minimum Gasteiger partial charge on any atom is -0.444 e. The quantitative estimate of drug-likeness (QED) is 0.313. The van der Waals surface area contributed by atoms with Crippen LogP contribution in [0.4, 0.5) is 4.79 Å². The lowest BCUT2D eigenvalue weighted by molar-refractivity contribution is -0.127. The number of carbonyl (C=O) groups is 2. The third kappa shape index (κ3) is 8.71. The van der Waals surface area contributed by atoms with Crippen LogP contribution in [-0.2, 0) is 35.3 Å². The van der Waals surface area contributed by atoms with E-state index >= 15 is 0 Å². The maximum absolute atomic E-state index is 13.8. The third-order valence-corrected chi connectivity index (χ3v) is 7.25. The average molecular weight is 527 g/mol. The molecule has 0 saturated carbocycles. The number of benzene rings is 3. The first kappa shape index (κ1) is 28.4. The molecule has 0 unspecified atom stereocenters. The van der Waals surface area contributed by atoms with Gasteiger partial charge in [0.05, 0.1) is 6.54 Å². The van der Waals surface area contributed by atoms with Gasteiger partial charge in [-0.1, -0.05) is 84.9 Å². The lowest BCUT2D eigenvalue weighted by Crippen LogP contribution is -2.55. The van der Waals surface area contributed by atoms with Crippen LogP contribution in [0.3, 0.4) is 0 Å². The van der Waals surface area contributed by atoms with Crippen LogP contribution in [0.25, 0.3) is 0 Å². The number of rotatable bonds is 10. The van der Waals surface area contributed by atoms with E-state index in [4.69, 9.17) is 4.74 Å². The summed E-state index contributed by atoms with van der Waals surface area (Å²) < 4.78 is 5.71. The number of nitrogens with zero attached hydrogens (tertiary/aromatic N) is 1. The van der Waals surface area contributed by atoms with Crippen molar-refractivity contribution in [2.24, 2.45) is 0 Å². The van der Waals surface area contributed by atoms with E-state index in [0.717, 1.165) is 49.7 Å². The summed E-state index contributed by atoms with van der Waals surface area (Å²) in [4.78, 5) is 28.6. The van der Waals surface area contributed by atoms with Crippen LogP contribution in [0.5, 0.6) is 0 Å². The predicted octanol–water partition coefficient (Wildman–Crippen LogP) is 6.88. The molecule has 39 heavy (non-hydrogen) atoms. The molecule has 4 rings (SSSR count). The lowest BCUT2D eigenvalue weighted by atomic mass is 9.93. The summed E-state index contributed by atoms with van der Waals surface area (Å²) >= 11 is 0. The Morgan fingerprint density at radius 2 is 1.33 bits per heavy atom. The van der Waals surface area contributed by atoms with E-state index in [1.165, 1.54) is 11.1 Å². The highest BCUT2D eigenvalue weighted by Gasteiger charge is 2.37. The van der Waals surface area contributed by atoms with Crippen molar-refractivity contribution in [3.63, 3.8) is 0 Å². The Morgan fingerprint density at radius 3 is 1.87 bits per heavy atom. The molecule has 0 radical (unpaired) electrons. The highest BCUT2D eigenvalue weighted by atomic mass is 16.6. The van der Waals surface area contributed by atoms with Crippen molar-refractivity contribution >= 4 is 12.0 Å².